The molecule has 2 aromatic rings. The molecule has 3 heteroatoms. The number of hydrogen-bond donors (Lipinski definition) is 0. The minimum Gasteiger partial charge on any atom is -0.261 e. The quantitative estimate of drug-likeness (QED) is 0.749. The molecule has 16 heavy (non-hydrogen) atoms. The van der Waals surface area contributed by atoms with E-state index in [1.165, 1.54) is 10.4 Å². The van der Waals surface area contributed by atoms with E-state index in [1.807, 2.05) is 18.3 Å². The van der Waals surface area contributed by atoms with Gasteiger partial charge in [-0.3, -0.25) is 4.98 Å². The number of halogens is 1. The van der Waals surface area contributed by atoms with Gasteiger partial charge in [0.2, 0.25) is 0 Å². The minimum absolute atomic E-state index is 0.349. The highest BCUT2D eigenvalue weighted by Gasteiger charge is 2.21. The molecule has 84 valence electrons. The zero-order chi connectivity index (χ0) is 11.5. The Balaban J connectivity index is 2.23. The van der Waals surface area contributed by atoms with Crippen molar-refractivity contribution in [3.05, 3.63) is 52.0 Å². The van der Waals surface area contributed by atoms with Crippen molar-refractivity contribution in [3.63, 3.8) is 0 Å². The molecule has 0 aliphatic carbocycles. The number of rotatable bonds is 3. The van der Waals surface area contributed by atoms with Crippen molar-refractivity contribution in [1.29, 1.82) is 0 Å². The molecule has 0 aliphatic rings. The Morgan fingerprint density at radius 3 is 2.69 bits per heavy atom. The van der Waals surface area contributed by atoms with E-state index in [1.54, 1.807) is 11.3 Å². The van der Waals surface area contributed by atoms with Gasteiger partial charge in [-0.05, 0) is 36.1 Å². The number of aryl methyl sites for hydroxylation is 1. The fraction of sp³-hybridized carbons (Fsp3) is 0.308. The second-order valence-corrected chi connectivity index (χ2v) is 5.85. The van der Waals surface area contributed by atoms with Gasteiger partial charge in [-0.15, -0.1) is 11.3 Å². The van der Waals surface area contributed by atoms with Crippen LogP contribution in [0.4, 0.5) is 0 Å². The number of aromatic nitrogens is 1. The molecule has 0 bridgehead atoms. The molecule has 0 aromatic carbocycles. The lowest BCUT2D eigenvalue weighted by Crippen LogP contribution is -2.03. The topological polar surface area (TPSA) is 12.9 Å². The summed E-state index contributed by atoms with van der Waals surface area (Å²) in [6.07, 6.45) is 1.85. The minimum atomic E-state index is 0.349. The second kappa shape index (κ2) is 5.11. The molecule has 0 aliphatic heterocycles. The molecule has 2 rings (SSSR count). The van der Waals surface area contributed by atoms with Crippen LogP contribution < -0.4 is 0 Å². The monoisotopic (exact) mass is 295 g/mol. The van der Waals surface area contributed by atoms with Gasteiger partial charge >= 0.3 is 0 Å². The van der Waals surface area contributed by atoms with Crippen molar-refractivity contribution in [1.82, 2.24) is 4.98 Å². The first kappa shape index (κ1) is 11.8. The number of pyridine rings is 1. The molecular weight excluding hydrogens is 282 g/mol. The highest BCUT2D eigenvalue weighted by molar-refractivity contribution is 9.09. The molecule has 0 radical (unpaired) electrons. The SMILES string of the molecule is Cc1ccsc1C(Br)C(C)c1ccccn1. The van der Waals surface area contributed by atoms with Gasteiger partial charge < -0.3 is 0 Å². The summed E-state index contributed by atoms with van der Waals surface area (Å²) >= 11 is 5.59. The van der Waals surface area contributed by atoms with E-state index in [0.29, 0.717) is 10.7 Å². The lowest BCUT2D eigenvalue weighted by atomic mass is 10.0. The third-order valence-corrected chi connectivity index (χ3v) is 5.40. The molecule has 0 saturated carbocycles. The molecule has 0 N–H and O–H groups in total. The fourth-order valence-electron chi connectivity index (χ4n) is 1.69. The summed E-state index contributed by atoms with van der Waals surface area (Å²) in [7, 11) is 0. The van der Waals surface area contributed by atoms with E-state index < -0.39 is 0 Å². The largest absolute Gasteiger partial charge is 0.261 e. The molecule has 2 unspecified atom stereocenters. The fourth-order valence-corrected chi connectivity index (χ4v) is 3.65. The van der Waals surface area contributed by atoms with Gasteiger partial charge in [-0.25, -0.2) is 0 Å². The van der Waals surface area contributed by atoms with Crippen molar-refractivity contribution in [2.45, 2.75) is 24.6 Å². The van der Waals surface area contributed by atoms with Gasteiger partial charge in [-0.2, -0.15) is 0 Å². The lowest BCUT2D eigenvalue weighted by Gasteiger charge is -2.17. The van der Waals surface area contributed by atoms with Gasteiger partial charge in [0.05, 0.1) is 4.83 Å². The van der Waals surface area contributed by atoms with Crippen molar-refractivity contribution >= 4 is 27.3 Å². The smallest absolute Gasteiger partial charge is 0.0572 e. The third kappa shape index (κ3) is 2.36. The van der Waals surface area contributed by atoms with E-state index >= 15 is 0 Å². The summed E-state index contributed by atoms with van der Waals surface area (Å²) < 4.78 is 0. The standard InChI is InChI=1S/C13H14BrNS/c1-9-6-8-16-13(9)12(14)10(2)11-5-3-4-7-15-11/h3-8,10,12H,1-2H3. The second-order valence-electron chi connectivity index (χ2n) is 3.91. The van der Waals surface area contributed by atoms with E-state index in [2.05, 4.69) is 52.3 Å². The van der Waals surface area contributed by atoms with Crippen LogP contribution in [-0.4, -0.2) is 4.98 Å². The Labute approximate surface area is 109 Å². The van der Waals surface area contributed by atoms with Gasteiger partial charge in [0.25, 0.3) is 0 Å². The molecule has 2 atom stereocenters. The van der Waals surface area contributed by atoms with Crippen molar-refractivity contribution in [3.8, 4) is 0 Å². The molecule has 0 saturated heterocycles. The van der Waals surface area contributed by atoms with Crippen LogP contribution >= 0.6 is 27.3 Å². The summed E-state index contributed by atoms with van der Waals surface area (Å²) in [6, 6.07) is 8.25. The van der Waals surface area contributed by atoms with Gasteiger partial charge in [0.1, 0.15) is 0 Å². The van der Waals surface area contributed by atoms with Crippen molar-refractivity contribution < 1.29 is 0 Å². The summed E-state index contributed by atoms with van der Waals surface area (Å²) in [5.41, 5.74) is 2.49. The Kier molecular flexibility index (Phi) is 3.77. The van der Waals surface area contributed by atoms with Gasteiger partial charge in [0.15, 0.2) is 0 Å². The van der Waals surface area contributed by atoms with Crippen molar-refractivity contribution in [2.24, 2.45) is 0 Å². The van der Waals surface area contributed by atoms with Crippen LogP contribution in [0.15, 0.2) is 35.8 Å². The first-order chi connectivity index (χ1) is 7.70. The predicted octanol–water partition coefficient (Wildman–Crippen LogP) is 4.69. The average molecular weight is 296 g/mol. The summed E-state index contributed by atoms with van der Waals surface area (Å²) in [4.78, 5) is 6.16. The number of nitrogens with zero attached hydrogens (tertiary/aromatic N) is 1. The molecule has 0 amide bonds. The van der Waals surface area contributed by atoms with E-state index in [9.17, 15) is 0 Å². The summed E-state index contributed by atoms with van der Waals surface area (Å²) in [5.74, 6) is 0.388. The lowest BCUT2D eigenvalue weighted by molar-refractivity contribution is 0.730. The average Bonchev–Trinajstić information content (AvgIpc) is 2.75. The van der Waals surface area contributed by atoms with E-state index in [-0.39, 0.29) is 0 Å². The van der Waals surface area contributed by atoms with Crippen LogP contribution in [0.2, 0.25) is 0 Å². The predicted molar refractivity (Wildman–Crippen MR) is 73.4 cm³/mol. The summed E-state index contributed by atoms with van der Waals surface area (Å²) in [6.45, 7) is 4.37. The maximum atomic E-state index is 4.41. The zero-order valence-electron chi connectivity index (χ0n) is 9.35. The van der Waals surface area contributed by atoms with Crippen LogP contribution in [0.5, 0.6) is 0 Å². The van der Waals surface area contributed by atoms with Crippen LogP contribution in [0.3, 0.4) is 0 Å². The van der Waals surface area contributed by atoms with Crippen molar-refractivity contribution in [2.75, 3.05) is 0 Å². The number of hydrogen-bond acceptors (Lipinski definition) is 2. The third-order valence-electron chi connectivity index (χ3n) is 2.75. The van der Waals surface area contributed by atoms with Crippen LogP contribution in [0.1, 0.15) is 33.8 Å². The Morgan fingerprint density at radius 2 is 2.12 bits per heavy atom. The maximum absolute atomic E-state index is 4.41. The summed E-state index contributed by atoms with van der Waals surface area (Å²) in [5, 5.41) is 2.14. The number of thiophene rings is 1. The Hall–Kier alpha value is -0.670. The zero-order valence-corrected chi connectivity index (χ0v) is 11.8. The molecule has 0 spiro atoms. The first-order valence-corrected chi connectivity index (χ1v) is 7.08. The highest BCUT2D eigenvalue weighted by atomic mass is 79.9. The molecule has 1 nitrogen and oxygen atoms in total. The first-order valence-electron chi connectivity index (χ1n) is 5.29. The van der Waals surface area contributed by atoms with Crippen LogP contribution in [0.25, 0.3) is 0 Å². The van der Waals surface area contributed by atoms with E-state index in [0.717, 1.165) is 5.69 Å². The van der Waals surface area contributed by atoms with Gasteiger partial charge in [0, 0.05) is 22.7 Å². The molecular formula is C13H14BrNS. The highest BCUT2D eigenvalue weighted by Crippen LogP contribution is 2.40. The van der Waals surface area contributed by atoms with Crippen LogP contribution in [0, 0.1) is 6.92 Å². The van der Waals surface area contributed by atoms with E-state index in [4.69, 9.17) is 0 Å². The molecule has 2 heterocycles. The number of alkyl halides is 1. The maximum Gasteiger partial charge on any atom is 0.0572 e. The Bertz CT molecular complexity index is 452. The van der Waals surface area contributed by atoms with Gasteiger partial charge in [-0.1, -0.05) is 28.9 Å². The van der Waals surface area contributed by atoms with Crippen LogP contribution in [-0.2, 0) is 0 Å². The molecule has 2 aromatic heterocycles. The normalized spacial score (nSPS) is 14.7. The Morgan fingerprint density at radius 1 is 1.31 bits per heavy atom. The molecule has 0 fully saturated rings.